The van der Waals surface area contributed by atoms with Crippen molar-refractivity contribution in [2.75, 3.05) is 0 Å². The molecule has 0 fully saturated rings. The number of nitrogens with one attached hydrogen (secondary N) is 1. The van der Waals surface area contributed by atoms with Crippen LogP contribution in [0, 0.1) is 12.8 Å². The van der Waals surface area contributed by atoms with Crippen molar-refractivity contribution in [3.8, 4) is 0 Å². The summed E-state index contributed by atoms with van der Waals surface area (Å²) in [6, 6.07) is 5.81. The summed E-state index contributed by atoms with van der Waals surface area (Å²) in [6.45, 7) is 6.10. The quantitative estimate of drug-likeness (QED) is 0.488. The predicted molar refractivity (Wildman–Crippen MR) is 71.4 cm³/mol. The highest BCUT2D eigenvalue weighted by atomic mass is 35.5. The summed E-state index contributed by atoms with van der Waals surface area (Å²) < 4.78 is 0. The molecule has 0 heterocycles. The Hall–Kier alpha value is -1.35. The van der Waals surface area contributed by atoms with Gasteiger partial charge in [-0.25, -0.2) is 5.43 Å². The number of hydrazone groups is 1. The fraction of sp³-hybridized carbons (Fsp3) is 0.385. The van der Waals surface area contributed by atoms with Gasteiger partial charge in [0.1, 0.15) is 0 Å². The van der Waals surface area contributed by atoms with E-state index < -0.39 is 0 Å². The Balaban J connectivity index is 3.12. The highest BCUT2D eigenvalue weighted by molar-refractivity contribution is 6.31. The van der Waals surface area contributed by atoms with Crippen LogP contribution in [0.2, 0.25) is 5.02 Å². The van der Waals surface area contributed by atoms with Crippen LogP contribution >= 0.6 is 11.6 Å². The van der Waals surface area contributed by atoms with Crippen LogP contribution in [0.1, 0.15) is 31.4 Å². The largest absolute Gasteiger partial charge is 0.277 e. The Labute approximate surface area is 107 Å². The molecule has 0 aromatic heterocycles. The van der Waals surface area contributed by atoms with Crippen LogP contribution in [-0.4, -0.2) is 12.1 Å². The van der Waals surface area contributed by atoms with Gasteiger partial charge in [-0.05, 0) is 30.5 Å². The summed E-state index contributed by atoms with van der Waals surface area (Å²) in [5, 5.41) is 4.81. The Morgan fingerprint density at radius 3 is 2.82 bits per heavy atom. The molecular formula is C13H17ClN2O. The van der Waals surface area contributed by atoms with E-state index in [4.69, 9.17) is 11.6 Å². The molecule has 92 valence electrons. The molecule has 0 aliphatic heterocycles. The first kappa shape index (κ1) is 13.7. The van der Waals surface area contributed by atoms with Crippen LogP contribution in [0.25, 0.3) is 0 Å². The van der Waals surface area contributed by atoms with Crippen molar-refractivity contribution >= 4 is 23.7 Å². The fourth-order valence-electron chi connectivity index (χ4n) is 1.50. The second kappa shape index (κ2) is 6.40. The van der Waals surface area contributed by atoms with Gasteiger partial charge in [0.15, 0.2) is 0 Å². The summed E-state index contributed by atoms with van der Waals surface area (Å²) in [5.74, 6) is 0.265. The lowest BCUT2D eigenvalue weighted by Gasteiger charge is -2.13. The lowest BCUT2D eigenvalue weighted by Crippen LogP contribution is -2.17. The van der Waals surface area contributed by atoms with Gasteiger partial charge in [0.2, 0.25) is 6.41 Å². The van der Waals surface area contributed by atoms with E-state index in [9.17, 15) is 4.79 Å². The first-order valence-electron chi connectivity index (χ1n) is 5.63. The van der Waals surface area contributed by atoms with E-state index in [1.54, 1.807) is 0 Å². The SMILES string of the molecule is CC[C@@H](C)/C(=N\NC=O)c1ccc(C)c(Cl)c1. The van der Waals surface area contributed by atoms with E-state index in [0.29, 0.717) is 11.4 Å². The second-order valence-electron chi connectivity index (χ2n) is 4.02. The van der Waals surface area contributed by atoms with E-state index in [2.05, 4.69) is 24.4 Å². The van der Waals surface area contributed by atoms with Crippen LogP contribution in [-0.2, 0) is 4.79 Å². The van der Waals surface area contributed by atoms with Gasteiger partial charge in [-0.3, -0.25) is 4.79 Å². The summed E-state index contributed by atoms with van der Waals surface area (Å²) >= 11 is 6.09. The van der Waals surface area contributed by atoms with Gasteiger partial charge >= 0.3 is 0 Å². The molecule has 1 N–H and O–H groups in total. The lowest BCUT2D eigenvalue weighted by molar-refractivity contribution is -0.109. The molecule has 1 amide bonds. The van der Waals surface area contributed by atoms with E-state index >= 15 is 0 Å². The molecule has 0 radical (unpaired) electrons. The Morgan fingerprint density at radius 2 is 2.29 bits per heavy atom. The minimum atomic E-state index is 0.265. The number of hydrogen-bond donors (Lipinski definition) is 1. The number of hydrogen-bond acceptors (Lipinski definition) is 2. The zero-order valence-electron chi connectivity index (χ0n) is 10.3. The maximum Gasteiger partial charge on any atom is 0.227 e. The topological polar surface area (TPSA) is 41.5 Å². The number of aryl methyl sites for hydroxylation is 1. The molecular weight excluding hydrogens is 236 g/mol. The van der Waals surface area contributed by atoms with E-state index in [1.165, 1.54) is 0 Å². The number of carbonyl (C=O) groups is 1. The third-order valence-electron chi connectivity index (χ3n) is 2.78. The molecule has 1 atom stereocenters. The first-order chi connectivity index (χ1) is 8.10. The molecule has 17 heavy (non-hydrogen) atoms. The van der Waals surface area contributed by atoms with Gasteiger partial charge in [0.05, 0.1) is 5.71 Å². The third-order valence-corrected chi connectivity index (χ3v) is 3.19. The molecule has 0 aliphatic carbocycles. The molecule has 1 aromatic carbocycles. The van der Waals surface area contributed by atoms with Gasteiger partial charge in [-0.1, -0.05) is 37.6 Å². The Kier molecular flexibility index (Phi) is 5.16. The van der Waals surface area contributed by atoms with E-state index in [-0.39, 0.29) is 5.92 Å². The van der Waals surface area contributed by atoms with Crippen molar-refractivity contribution in [1.29, 1.82) is 0 Å². The summed E-state index contributed by atoms with van der Waals surface area (Å²) in [4.78, 5) is 10.3. The molecule has 1 rings (SSSR count). The van der Waals surface area contributed by atoms with Crippen molar-refractivity contribution in [2.24, 2.45) is 11.0 Å². The van der Waals surface area contributed by atoms with E-state index in [1.807, 2.05) is 25.1 Å². The second-order valence-corrected chi connectivity index (χ2v) is 4.42. The number of rotatable bonds is 5. The zero-order chi connectivity index (χ0) is 12.8. The van der Waals surface area contributed by atoms with Gasteiger partial charge in [0, 0.05) is 10.9 Å². The van der Waals surface area contributed by atoms with Crippen molar-refractivity contribution in [2.45, 2.75) is 27.2 Å². The van der Waals surface area contributed by atoms with Gasteiger partial charge in [0.25, 0.3) is 0 Å². The van der Waals surface area contributed by atoms with Crippen LogP contribution in [0.4, 0.5) is 0 Å². The summed E-state index contributed by atoms with van der Waals surface area (Å²) in [5.41, 5.74) is 5.19. The normalized spacial score (nSPS) is 13.3. The van der Waals surface area contributed by atoms with Crippen molar-refractivity contribution in [1.82, 2.24) is 5.43 Å². The van der Waals surface area contributed by atoms with Crippen molar-refractivity contribution in [3.05, 3.63) is 34.3 Å². The standard InChI is InChI=1S/C13H17ClN2O/c1-4-9(2)13(16-15-8-17)11-6-5-10(3)12(14)7-11/h5-9H,4H2,1-3H3,(H,15,17)/b16-13+/t9-/m1/s1. The Morgan fingerprint density at radius 1 is 1.59 bits per heavy atom. The number of benzene rings is 1. The van der Waals surface area contributed by atoms with E-state index in [0.717, 1.165) is 23.3 Å². The molecule has 3 nitrogen and oxygen atoms in total. The molecule has 0 spiro atoms. The molecule has 0 saturated heterocycles. The number of halogens is 1. The molecule has 1 aromatic rings. The van der Waals surface area contributed by atoms with Crippen LogP contribution < -0.4 is 5.43 Å². The van der Waals surface area contributed by atoms with Gasteiger partial charge in [-0.2, -0.15) is 5.10 Å². The predicted octanol–water partition coefficient (Wildman–Crippen LogP) is 3.14. The maximum absolute atomic E-state index is 10.3. The summed E-state index contributed by atoms with van der Waals surface area (Å²) in [6.07, 6.45) is 1.52. The van der Waals surface area contributed by atoms with Crippen LogP contribution in [0.3, 0.4) is 0 Å². The van der Waals surface area contributed by atoms with Gasteiger partial charge < -0.3 is 0 Å². The third kappa shape index (κ3) is 3.56. The molecule has 0 aliphatic rings. The van der Waals surface area contributed by atoms with Crippen LogP contribution in [0.15, 0.2) is 23.3 Å². The van der Waals surface area contributed by atoms with Crippen LogP contribution in [0.5, 0.6) is 0 Å². The highest BCUT2D eigenvalue weighted by Crippen LogP contribution is 2.20. The molecule has 0 bridgehead atoms. The lowest BCUT2D eigenvalue weighted by atomic mass is 9.95. The minimum Gasteiger partial charge on any atom is -0.277 e. The van der Waals surface area contributed by atoms with Gasteiger partial charge in [-0.15, -0.1) is 0 Å². The smallest absolute Gasteiger partial charge is 0.227 e. The maximum atomic E-state index is 10.3. The number of amides is 1. The minimum absolute atomic E-state index is 0.265. The monoisotopic (exact) mass is 252 g/mol. The molecule has 0 saturated carbocycles. The molecule has 0 unspecified atom stereocenters. The van der Waals surface area contributed by atoms with Crippen molar-refractivity contribution in [3.63, 3.8) is 0 Å². The zero-order valence-corrected chi connectivity index (χ0v) is 11.1. The Bertz CT molecular complexity index is 429. The average Bonchev–Trinajstić information content (AvgIpc) is 2.33. The highest BCUT2D eigenvalue weighted by Gasteiger charge is 2.12. The first-order valence-corrected chi connectivity index (χ1v) is 6.01. The fourth-order valence-corrected chi connectivity index (χ4v) is 1.68. The summed E-state index contributed by atoms with van der Waals surface area (Å²) in [7, 11) is 0. The van der Waals surface area contributed by atoms with Crippen molar-refractivity contribution < 1.29 is 4.79 Å². The number of nitrogens with zero attached hydrogens (tertiary/aromatic N) is 1. The average molecular weight is 253 g/mol. The number of carbonyl (C=O) groups excluding carboxylic acids is 1. The molecule has 4 heteroatoms.